The van der Waals surface area contributed by atoms with E-state index in [0.717, 1.165) is 18.4 Å². The third kappa shape index (κ3) is 6.38. The lowest BCUT2D eigenvalue weighted by Crippen LogP contribution is -2.20. The summed E-state index contributed by atoms with van der Waals surface area (Å²) in [5, 5.41) is 0. The maximum Gasteiger partial charge on any atom is 0.321 e. The second-order valence-corrected chi connectivity index (χ2v) is 6.66. The first-order chi connectivity index (χ1) is 8.93. The van der Waals surface area contributed by atoms with E-state index in [1.54, 1.807) is 18.2 Å². The molecule has 0 saturated heterocycles. The van der Waals surface area contributed by atoms with Gasteiger partial charge in [-0.25, -0.2) is 8.42 Å². The average Bonchev–Trinajstić information content (AvgIpc) is 2.27. The number of hydrogen-bond acceptors (Lipinski definition) is 4. The number of carbonyl (C=O) groups excluding carboxylic acids is 1. The van der Waals surface area contributed by atoms with Gasteiger partial charge in [0.25, 0.3) is 0 Å². The van der Waals surface area contributed by atoms with E-state index < -0.39 is 21.6 Å². The summed E-state index contributed by atoms with van der Waals surface area (Å²) >= 11 is 0. The van der Waals surface area contributed by atoms with Crippen LogP contribution in [0.3, 0.4) is 0 Å². The van der Waals surface area contributed by atoms with Crippen molar-refractivity contribution in [3.63, 3.8) is 0 Å². The Morgan fingerprint density at radius 3 is 2.68 bits per heavy atom. The van der Waals surface area contributed by atoms with Crippen molar-refractivity contribution in [2.24, 2.45) is 0 Å². The molecule has 0 aromatic heterocycles. The van der Waals surface area contributed by atoms with Gasteiger partial charge in [0.1, 0.15) is 5.75 Å². The molecule has 0 saturated carbocycles. The number of hydrogen-bond donors (Lipinski definition) is 0. The molecule has 4 nitrogen and oxygen atoms in total. The van der Waals surface area contributed by atoms with Crippen molar-refractivity contribution in [1.29, 1.82) is 0 Å². The van der Waals surface area contributed by atoms with Crippen molar-refractivity contribution in [3.05, 3.63) is 35.4 Å². The second-order valence-electron chi connectivity index (χ2n) is 4.60. The first-order valence-electron chi connectivity index (χ1n) is 6.34. The molecule has 0 aliphatic rings. The second kappa shape index (κ2) is 7.28. The first kappa shape index (κ1) is 15.7. The van der Waals surface area contributed by atoms with Gasteiger partial charge in [0.2, 0.25) is 0 Å². The van der Waals surface area contributed by atoms with Crippen LogP contribution in [0.25, 0.3) is 0 Å². The van der Waals surface area contributed by atoms with Crippen molar-refractivity contribution in [1.82, 2.24) is 0 Å². The minimum Gasteiger partial charge on any atom is -0.465 e. The Hall–Kier alpha value is -1.36. The maximum absolute atomic E-state index is 11.9. The van der Waals surface area contributed by atoms with Gasteiger partial charge in [-0.1, -0.05) is 43.2 Å². The van der Waals surface area contributed by atoms with E-state index >= 15 is 0 Å². The highest BCUT2D eigenvalue weighted by Gasteiger charge is 2.18. The van der Waals surface area contributed by atoms with Crippen LogP contribution in [0.4, 0.5) is 0 Å². The van der Waals surface area contributed by atoms with E-state index in [1.165, 1.54) is 0 Å². The van der Waals surface area contributed by atoms with E-state index in [-0.39, 0.29) is 12.4 Å². The Kier molecular flexibility index (Phi) is 6.02. The van der Waals surface area contributed by atoms with Crippen molar-refractivity contribution in [2.45, 2.75) is 32.4 Å². The summed E-state index contributed by atoms with van der Waals surface area (Å²) in [4.78, 5) is 11.4. The molecule has 0 aliphatic heterocycles. The monoisotopic (exact) mass is 284 g/mol. The lowest BCUT2D eigenvalue weighted by atomic mass is 10.2. The molecule has 5 heteroatoms. The van der Waals surface area contributed by atoms with E-state index in [9.17, 15) is 13.2 Å². The highest BCUT2D eigenvalue weighted by molar-refractivity contribution is 7.91. The van der Waals surface area contributed by atoms with Gasteiger partial charge in [0.05, 0.1) is 12.4 Å². The number of ether oxygens (including phenoxy) is 1. The zero-order valence-electron chi connectivity index (χ0n) is 11.4. The fourth-order valence-corrected chi connectivity index (χ4v) is 2.89. The summed E-state index contributed by atoms with van der Waals surface area (Å²) in [5.74, 6) is -1.34. The smallest absolute Gasteiger partial charge is 0.321 e. The van der Waals surface area contributed by atoms with E-state index in [4.69, 9.17) is 4.74 Å². The number of benzene rings is 1. The molecular weight excluding hydrogens is 264 g/mol. The molecule has 0 unspecified atom stereocenters. The van der Waals surface area contributed by atoms with Crippen molar-refractivity contribution >= 4 is 15.8 Å². The van der Waals surface area contributed by atoms with Gasteiger partial charge in [-0.2, -0.15) is 0 Å². The Balaban J connectivity index is 2.54. The molecule has 0 atom stereocenters. The summed E-state index contributed by atoms with van der Waals surface area (Å²) in [7, 11) is -3.46. The number of rotatable bonds is 7. The van der Waals surface area contributed by atoms with Crippen molar-refractivity contribution in [2.75, 3.05) is 12.4 Å². The molecule has 0 radical (unpaired) electrons. The Morgan fingerprint density at radius 1 is 1.32 bits per heavy atom. The van der Waals surface area contributed by atoms with Crippen LogP contribution in [0.1, 0.15) is 30.9 Å². The third-order valence-corrected chi connectivity index (χ3v) is 4.02. The number of aryl methyl sites for hydroxylation is 1. The lowest BCUT2D eigenvalue weighted by Gasteiger charge is -2.06. The standard InChI is InChI=1S/C14H20O4S/c1-3-4-8-18-14(15)11-19(16,17)10-13-7-5-6-12(2)9-13/h5-7,9H,3-4,8,10-11H2,1-2H3. The fraction of sp³-hybridized carbons (Fsp3) is 0.500. The molecule has 1 aromatic rings. The lowest BCUT2D eigenvalue weighted by molar-refractivity contribution is -0.140. The molecule has 0 heterocycles. The van der Waals surface area contributed by atoms with Gasteiger partial charge in [-0.3, -0.25) is 4.79 Å². The van der Waals surface area contributed by atoms with Crippen LogP contribution in [0.15, 0.2) is 24.3 Å². The van der Waals surface area contributed by atoms with Gasteiger partial charge in [0, 0.05) is 0 Å². The Labute approximate surface area is 114 Å². The van der Waals surface area contributed by atoms with Crippen molar-refractivity contribution in [3.8, 4) is 0 Å². The van der Waals surface area contributed by atoms with Crippen molar-refractivity contribution < 1.29 is 17.9 Å². The molecule has 1 aromatic carbocycles. The van der Waals surface area contributed by atoms with Gasteiger partial charge in [-0.15, -0.1) is 0 Å². The Bertz CT molecular complexity index is 520. The fourth-order valence-electron chi connectivity index (χ4n) is 1.66. The Morgan fingerprint density at radius 2 is 2.05 bits per heavy atom. The molecule has 0 amide bonds. The summed E-state index contributed by atoms with van der Waals surface area (Å²) in [5.41, 5.74) is 1.69. The van der Waals surface area contributed by atoms with Crippen LogP contribution in [0, 0.1) is 6.92 Å². The molecular formula is C14H20O4S. The van der Waals surface area contributed by atoms with Gasteiger partial charge in [-0.05, 0) is 18.9 Å². The predicted octanol–water partition coefficient (Wildman–Crippen LogP) is 2.25. The summed E-state index contributed by atoms with van der Waals surface area (Å²) < 4.78 is 28.6. The maximum atomic E-state index is 11.9. The third-order valence-electron chi connectivity index (χ3n) is 2.57. The van der Waals surface area contributed by atoms with Crippen LogP contribution >= 0.6 is 0 Å². The summed E-state index contributed by atoms with van der Waals surface area (Å²) in [6.07, 6.45) is 1.66. The van der Waals surface area contributed by atoms with E-state index in [2.05, 4.69) is 0 Å². The number of carbonyl (C=O) groups is 1. The van der Waals surface area contributed by atoms with Gasteiger partial charge < -0.3 is 4.74 Å². The topological polar surface area (TPSA) is 60.4 Å². The molecule has 1 rings (SSSR count). The van der Waals surface area contributed by atoms with Gasteiger partial charge in [0.15, 0.2) is 9.84 Å². The molecule has 0 N–H and O–H groups in total. The minimum absolute atomic E-state index is 0.127. The quantitative estimate of drug-likeness (QED) is 0.569. The van der Waals surface area contributed by atoms with Crippen LogP contribution in [0.2, 0.25) is 0 Å². The number of unbranched alkanes of at least 4 members (excludes halogenated alkanes) is 1. The average molecular weight is 284 g/mol. The largest absolute Gasteiger partial charge is 0.465 e. The normalized spacial score (nSPS) is 11.3. The van der Waals surface area contributed by atoms with Gasteiger partial charge >= 0.3 is 5.97 Å². The van der Waals surface area contributed by atoms with Crippen LogP contribution in [0.5, 0.6) is 0 Å². The molecule has 0 fully saturated rings. The molecule has 0 spiro atoms. The zero-order valence-corrected chi connectivity index (χ0v) is 12.2. The first-order valence-corrected chi connectivity index (χ1v) is 8.16. The number of esters is 1. The minimum atomic E-state index is -3.46. The van der Waals surface area contributed by atoms with Crippen LogP contribution in [-0.4, -0.2) is 26.7 Å². The highest BCUT2D eigenvalue weighted by Crippen LogP contribution is 2.09. The SMILES string of the molecule is CCCCOC(=O)CS(=O)(=O)Cc1cccc(C)c1. The molecule has 106 valence electrons. The van der Waals surface area contributed by atoms with Crippen LogP contribution < -0.4 is 0 Å². The number of sulfone groups is 1. The summed E-state index contributed by atoms with van der Waals surface area (Å²) in [6.45, 7) is 4.16. The molecule has 19 heavy (non-hydrogen) atoms. The highest BCUT2D eigenvalue weighted by atomic mass is 32.2. The summed E-state index contributed by atoms with van der Waals surface area (Å²) in [6, 6.07) is 7.25. The zero-order chi connectivity index (χ0) is 14.3. The van der Waals surface area contributed by atoms with E-state index in [0.29, 0.717) is 5.56 Å². The van der Waals surface area contributed by atoms with E-state index in [1.807, 2.05) is 19.9 Å². The predicted molar refractivity (Wildman–Crippen MR) is 74.5 cm³/mol. The van der Waals surface area contributed by atoms with Crippen LogP contribution in [-0.2, 0) is 25.1 Å². The molecule has 0 bridgehead atoms. The molecule has 0 aliphatic carbocycles.